The molecule has 0 aliphatic carbocycles. The lowest BCUT2D eigenvalue weighted by Gasteiger charge is -2.06. The van der Waals surface area contributed by atoms with Crippen molar-refractivity contribution in [2.24, 2.45) is 0 Å². The SMILES string of the molecule is C=Cc1ccc(CCc2ccc(-c3cc4ccccc4cn3)cc2)cc1. The van der Waals surface area contributed by atoms with Crippen molar-refractivity contribution in [3.8, 4) is 11.3 Å². The Balaban J connectivity index is 1.47. The van der Waals surface area contributed by atoms with Crippen LogP contribution >= 0.6 is 0 Å². The number of hydrogen-bond acceptors (Lipinski definition) is 1. The highest BCUT2D eigenvalue weighted by Crippen LogP contribution is 2.22. The van der Waals surface area contributed by atoms with Crippen molar-refractivity contribution >= 4 is 16.8 Å². The summed E-state index contributed by atoms with van der Waals surface area (Å²) in [7, 11) is 0. The third-order valence-corrected chi connectivity index (χ3v) is 4.80. The van der Waals surface area contributed by atoms with E-state index in [1.54, 1.807) is 0 Å². The van der Waals surface area contributed by atoms with Gasteiger partial charge in [-0.25, -0.2) is 0 Å². The molecule has 0 amide bonds. The zero-order chi connectivity index (χ0) is 17.8. The van der Waals surface area contributed by atoms with E-state index in [1.165, 1.54) is 27.5 Å². The summed E-state index contributed by atoms with van der Waals surface area (Å²) in [6.07, 6.45) is 5.92. The maximum atomic E-state index is 4.61. The summed E-state index contributed by atoms with van der Waals surface area (Å²) >= 11 is 0. The molecular formula is C25H21N. The highest BCUT2D eigenvalue weighted by Gasteiger charge is 2.02. The Morgan fingerprint density at radius 1 is 0.731 bits per heavy atom. The van der Waals surface area contributed by atoms with Gasteiger partial charge >= 0.3 is 0 Å². The van der Waals surface area contributed by atoms with Crippen molar-refractivity contribution in [1.29, 1.82) is 0 Å². The average Bonchev–Trinajstić information content (AvgIpc) is 2.72. The van der Waals surface area contributed by atoms with Crippen LogP contribution in [0.25, 0.3) is 28.1 Å². The number of nitrogens with zero attached hydrogens (tertiary/aromatic N) is 1. The monoisotopic (exact) mass is 335 g/mol. The minimum Gasteiger partial charge on any atom is -0.256 e. The van der Waals surface area contributed by atoms with Crippen LogP contribution in [0.5, 0.6) is 0 Å². The Kier molecular flexibility index (Phi) is 4.61. The van der Waals surface area contributed by atoms with Crippen LogP contribution in [-0.4, -0.2) is 4.98 Å². The van der Waals surface area contributed by atoms with E-state index < -0.39 is 0 Å². The van der Waals surface area contributed by atoms with E-state index in [4.69, 9.17) is 0 Å². The first-order valence-electron chi connectivity index (χ1n) is 8.97. The third-order valence-electron chi connectivity index (χ3n) is 4.80. The van der Waals surface area contributed by atoms with Crippen molar-refractivity contribution in [2.75, 3.05) is 0 Å². The third kappa shape index (κ3) is 3.57. The molecule has 0 radical (unpaired) electrons. The van der Waals surface area contributed by atoms with Crippen LogP contribution < -0.4 is 0 Å². The molecular weight excluding hydrogens is 314 g/mol. The lowest BCUT2D eigenvalue weighted by Crippen LogP contribution is -1.92. The Labute approximate surface area is 154 Å². The van der Waals surface area contributed by atoms with Crippen LogP contribution in [0.3, 0.4) is 0 Å². The lowest BCUT2D eigenvalue weighted by atomic mass is 10.0. The van der Waals surface area contributed by atoms with E-state index in [0.29, 0.717) is 0 Å². The minimum absolute atomic E-state index is 1.02. The number of aromatic nitrogens is 1. The van der Waals surface area contributed by atoms with Crippen LogP contribution in [0.15, 0.2) is 91.6 Å². The maximum absolute atomic E-state index is 4.61. The summed E-state index contributed by atoms with van der Waals surface area (Å²) in [5, 5.41) is 2.40. The van der Waals surface area contributed by atoms with Gasteiger partial charge in [0.2, 0.25) is 0 Å². The van der Waals surface area contributed by atoms with Gasteiger partial charge in [0.25, 0.3) is 0 Å². The van der Waals surface area contributed by atoms with Crippen molar-refractivity contribution < 1.29 is 0 Å². The Bertz CT molecular complexity index is 1030. The van der Waals surface area contributed by atoms with Crippen LogP contribution in [-0.2, 0) is 12.8 Å². The van der Waals surface area contributed by atoms with Crippen LogP contribution in [0.2, 0.25) is 0 Å². The summed E-state index contributed by atoms with van der Waals surface area (Å²) in [5.41, 5.74) is 6.06. The van der Waals surface area contributed by atoms with Gasteiger partial charge in [-0.15, -0.1) is 0 Å². The van der Waals surface area contributed by atoms with E-state index in [1.807, 2.05) is 18.3 Å². The van der Waals surface area contributed by atoms with E-state index in [9.17, 15) is 0 Å². The topological polar surface area (TPSA) is 12.9 Å². The fraction of sp³-hybridized carbons (Fsp3) is 0.0800. The molecule has 26 heavy (non-hydrogen) atoms. The molecule has 1 heteroatoms. The highest BCUT2D eigenvalue weighted by molar-refractivity contribution is 5.85. The molecule has 0 saturated carbocycles. The maximum Gasteiger partial charge on any atom is 0.0708 e. The minimum atomic E-state index is 1.02. The second kappa shape index (κ2) is 7.37. The van der Waals surface area contributed by atoms with Crippen molar-refractivity contribution in [3.05, 3.63) is 108 Å². The number of rotatable bonds is 5. The van der Waals surface area contributed by atoms with Crippen LogP contribution in [0.4, 0.5) is 0 Å². The molecule has 0 aliphatic rings. The largest absolute Gasteiger partial charge is 0.256 e. The fourth-order valence-corrected chi connectivity index (χ4v) is 3.19. The summed E-state index contributed by atoms with van der Waals surface area (Å²) in [6, 6.07) is 27.9. The molecule has 126 valence electrons. The molecule has 1 nitrogen and oxygen atoms in total. The quantitative estimate of drug-likeness (QED) is 0.415. The molecule has 0 fully saturated rings. The van der Waals surface area contributed by atoms with Crippen molar-refractivity contribution in [2.45, 2.75) is 12.8 Å². The van der Waals surface area contributed by atoms with Gasteiger partial charge in [-0.2, -0.15) is 0 Å². The molecule has 0 aliphatic heterocycles. The summed E-state index contributed by atoms with van der Waals surface area (Å²) in [4.78, 5) is 4.61. The van der Waals surface area contributed by atoms with Crippen LogP contribution in [0, 0.1) is 0 Å². The van der Waals surface area contributed by atoms with E-state index in [-0.39, 0.29) is 0 Å². The van der Waals surface area contributed by atoms with Gasteiger partial charge in [0.1, 0.15) is 0 Å². The first-order chi connectivity index (χ1) is 12.8. The molecule has 1 heterocycles. The standard InChI is InChI=1S/C25H21N/c1-2-19-7-9-20(10-8-19)11-12-21-13-15-22(16-14-21)25-17-23-5-3-4-6-24(23)18-26-25/h2-10,13-18H,1,11-12H2. The molecule has 0 atom stereocenters. The molecule has 1 aromatic heterocycles. The molecule has 0 unspecified atom stereocenters. The molecule has 0 spiro atoms. The van der Waals surface area contributed by atoms with E-state index in [0.717, 1.165) is 24.1 Å². The van der Waals surface area contributed by atoms with Crippen molar-refractivity contribution in [3.63, 3.8) is 0 Å². The Morgan fingerprint density at radius 2 is 1.35 bits per heavy atom. The van der Waals surface area contributed by atoms with Crippen LogP contribution in [0.1, 0.15) is 16.7 Å². The molecule has 0 N–H and O–H groups in total. The van der Waals surface area contributed by atoms with Gasteiger partial charge in [0.05, 0.1) is 5.69 Å². The molecule has 0 bridgehead atoms. The normalized spacial score (nSPS) is 10.8. The Morgan fingerprint density at radius 3 is 2.00 bits per heavy atom. The molecule has 4 rings (SSSR count). The molecule has 4 aromatic rings. The number of fused-ring (bicyclic) bond motifs is 1. The fourth-order valence-electron chi connectivity index (χ4n) is 3.19. The second-order valence-corrected chi connectivity index (χ2v) is 6.56. The van der Waals surface area contributed by atoms with Crippen molar-refractivity contribution in [1.82, 2.24) is 4.98 Å². The summed E-state index contributed by atoms with van der Waals surface area (Å²) in [5.74, 6) is 0. The first-order valence-corrected chi connectivity index (χ1v) is 8.97. The first kappa shape index (κ1) is 16.3. The van der Waals surface area contributed by atoms with Gasteiger partial charge in [-0.05, 0) is 41.0 Å². The van der Waals surface area contributed by atoms with Gasteiger partial charge in [-0.3, -0.25) is 4.98 Å². The second-order valence-electron chi connectivity index (χ2n) is 6.56. The average molecular weight is 335 g/mol. The number of hydrogen-bond donors (Lipinski definition) is 0. The zero-order valence-corrected chi connectivity index (χ0v) is 14.7. The van der Waals surface area contributed by atoms with E-state index in [2.05, 4.69) is 84.4 Å². The predicted molar refractivity (Wildman–Crippen MR) is 111 cm³/mol. The summed E-state index contributed by atoms with van der Waals surface area (Å²) < 4.78 is 0. The predicted octanol–water partition coefficient (Wildman–Crippen LogP) is 6.33. The lowest BCUT2D eigenvalue weighted by molar-refractivity contribution is 0.960. The number of aryl methyl sites for hydroxylation is 2. The molecule has 0 saturated heterocycles. The smallest absolute Gasteiger partial charge is 0.0708 e. The number of pyridine rings is 1. The van der Waals surface area contributed by atoms with Gasteiger partial charge in [0, 0.05) is 17.1 Å². The van der Waals surface area contributed by atoms with E-state index >= 15 is 0 Å². The van der Waals surface area contributed by atoms with Gasteiger partial charge in [-0.1, -0.05) is 85.5 Å². The molecule has 3 aromatic carbocycles. The Hall–Kier alpha value is -3.19. The summed E-state index contributed by atoms with van der Waals surface area (Å²) in [6.45, 7) is 3.80. The van der Waals surface area contributed by atoms with Gasteiger partial charge in [0.15, 0.2) is 0 Å². The highest BCUT2D eigenvalue weighted by atomic mass is 14.7. The number of benzene rings is 3. The zero-order valence-electron chi connectivity index (χ0n) is 14.7. The van der Waals surface area contributed by atoms with Gasteiger partial charge < -0.3 is 0 Å².